The van der Waals surface area contributed by atoms with Crippen LogP contribution in [0.4, 0.5) is 0 Å². The molecule has 48 heavy (non-hydrogen) atoms. The maximum Gasteiger partial charge on any atom is 0.217 e. The smallest absolute Gasteiger partial charge is 0.217 e. The molecule has 1 spiro atoms. The summed E-state index contributed by atoms with van der Waals surface area (Å²) in [7, 11) is 0. The van der Waals surface area contributed by atoms with E-state index in [0.29, 0.717) is 0 Å². The lowest BCUT2D eigenvalue weighted by Gasteiger charge is -2.25. The van der Waals surface area contributed by atoms with E-state index in [2.05, 4.69) is 110 Å². The normalized spacial score (nSPS) is 19.7. The molecule has 0 saturated heterocycles. The Bertz CT molecular complexity index is 2690. The molecule has 3 nitrogen and oxygen atoms in total. The average molecular weight is 639 g/mol. The van der Waals surface area contributed by atoms with Crippen LogP contribution in [0.2, 0.25) is 0 Å². The molecule has 0 bridgehead atoms. The van der Waals surface area contributed by atoms with E-state index in [1.165, 1.54) is 101 Å². The van der Waals surface area contributed by atoms with Crippen LogP contribution in [-0.2, 0) is 17.3 Å². The molecule has 6 aromatic carbocycles. The van der Waals surface area contributed by atoms with Gasteiger partial charge in [-0.15, -0.1) is 11.8 Å². The molecule has 1 aliphatic carbocycles. The summed E-state index contributed by atoms with van der Waals surface area (Å²) in [6, 6.07) is 38.5. The van der Waals surface area contributed by atoms with Crippen molar-refractivity contribution in [2.45, 2.75) is 54.9 Å². The van der Waals surface area contributed by atoms with Crippen molar-refractivity contribution >= 4 is 76.7 Å². The van der Waals surface area contributed by atoms with Crippen molar-refractivity contribution in [3.8, 4) is 5.88 Å². The Morgan fingerprint density at radius 3 is 1.88 bits per heavy atom. The van der Waals surface area contributed by atoms with Crippen LogP contribution in [0.1, 0.15) is 49.3 Å². The highest BCUT2D eigenvalue weighted by Crippen LogP contribution is 2.51. The second-order valence-electron chi connectivity index (χ2n) is 14.8. The van der Waals surface area contributed by atoms with Crippen LogP contribution in [-0.4, -0.2) is 22.3 Å². The Labute approximate surface area is 283 Å². The first-order valence-electron chi connectivity index (χ1n) is 17.4. The maximum absolute atomic E-state index is 6.33. The van der Waals surface area contributed by atoms with Crippen molar-refractivity contribution < 1.29 is 4.74 Å². The van der Waals surface area contributed by atoms with Gasteiger partial charge >= 0.3 is 0 Å². The van der Waals surface area contributed by atoms with Crippen molar-refractivity contribution in [2.24, 2.45) is 0 Å². The first kappa shape index (κ1) is 27.3. The van der Waals surface area contributed by atoms with Gasteiger partial charge in [-0.1, -0.05) is 111 Å². The number of aromatic nitrogens is 2. The second-order valence-corrected chi connectivity index (χ2v) is 15.8. The molecule has 4 heteroatoms. The monoisotopic (exact) mass is 638 g/mol. The molecule has 2 aliphatic heterocycles. The van der Waals surface area contributed by atoms with E-state index in [1.54, 1.807) is 0 Å². The number of ether oxygens (including phenoxy) is 1. The highest BCUT2D eigenvalue weighted by Gasteiger charge is 2.44. The zero-order valence-electron chi connectivity index (χ0n) is 27.0. The van der Waals surface area contributed by atoms with Gasteiger partial charge in [-0.25, -0.2) is 9.97 Å². The molecule has 8 aromatic rings. The van der Waals surface area contributed by atoms with Gasteiger partial charge < -0.3 is 4.74 Å². The third kappa shape index (κ3) is 3.67. The quantitative estimate of drug-likeness (QED) is 0.177. The number of nitrogens with zero attached hydrogens (tertiary/aromatic N) is 2. The molecule has 1 unspecified atom stereocenters. The van der Waals surface area contributed by atoms with Crippen LogP contribution < -0.4 is 4.74 Å². The number of thioether (sulfide) groups is 1. The summed E-state index contributed by atoms with van der Waals surface area (Å²) in [4.78, 5) is 10.7. The summed E-state index contributed by atoms with van der Waals surface area (Å²) < 4.78 is 6.33. The van der Waals surface area contributed by atoms with Crippen LogP contribution in [0, 0.1) is 0 Å². The van der Waals surface area contributed by atoms with E-state index in [0.717, 1.165) is 35.7 Å². The first-order chi connectivity index (χ1) is 23.6. The average Bonchev–Trinajstić information content (AvgIpc) is 3.85. The summed E-state index contributed by atoms with van der Waals surface area (Å²) in [5.41, 5.74) is 6.36. The summed E-state index contributed by atoms with van der Waals surface area (Å²) in [6.07, 6.45) is 5.94. The Balaban J connectivity index is 1.07. The van der Waals surface area contributed by atoms with E-state index in [9.17, 15) is 0 Å². The molecule has 1 saturated carbocycles. The van der Waals surface area contributed by atoms with Crippen molar-refractivity contribution in [1.29, 1.82) is 0 Å². The molecular formula is C44H34N2OS. The number of hydrogen-bond donors (Lipinski definition) is 0. The van der Waals surface area contributed by atoms with Crippen molar-refractivity contribution in [3.05, 3.63) is 120 Å². The van der Waals surface area contributed by atoms with Gasteiger partial charge in [0.2, 0.25) is 5.88 Å². The molecule has 3 aliphatic rings. The zero-order chi connectivity index (χ0) is 31.6. The largest absolute Gasteiger partial charge is 0.476 e. The van der Waals surface area contributed by atoms with Crippen LogP contribution in [0.5, 0.6) is 5.88 Å². The van der Waals surface area contributed by atoms with Crippen molar-refractivity contribution in [2.75, 3.05) is 12.4 Å². The number of hydrogen-bond acceptors (Lipinski definition) is 4. The Hall–Kier alpha value is -4.67. The second kappa shape index (κ2) is 9.70. The van der Waals surface area contributed by atoms with Crippen LogP contribution >= 0.6 is 11.8 Å². The number of benzene rings is 6. The molecule has 0 N–H and O–H groups in total. The predicted molar refractivity (Wildman–Crippen MR) is 201 cm³/mol. The van der Waals surface area contributed by atoms with Gasteiger partial charge in [0.25, 0.3) is 0 Å². The lowest BCUT2D eigenvalue weighted by Crippen LogP contribution is -2.24. The van der Waals surface area contributed by atoms with Crippen molar-refractivity contribution in [1.82, 2.24) is 9.97 Å². The van der Waals surface area contributed by atoms with Gasteiger partial charge in [0.15, 0.2) is 0 Å². The van der Waals surface area contributed by atoms with Gasteiger partial charge in [-0.2, -0.15) is 0 Å². The number of fused-ring (bicyclic) bond motifs is 15. The minimum absolute atomic E-state index is 0.0310. The van der Waals surface area contributed by atoms with Crippen molar-refractivity contribution in [3.63, 3.8) is 0 Å². The van der Waals surface area contributed by atoms with Crippen LogP contribution in [0.3, 0.4) is 0 Å². The maximum atomic E-state index is 6.33. The molecule has 1 fully saturated rings. The fraction of sp³-hybridized carbons (Fsp3) is 0.227. The number of rotatable bonds is 2. The first-order valence-corrected chi connectivity index (χ1v) is 18.4. The van der Waals surface area contributed by atoms with Gasteiger partial charge in [-0.3, -0.25) is 0 Å². The van der Waals surface area contributed by atoms with Gasteiger partial charge in [0.1, 0.15) is 5.03 Å². The Morgan fingerprint density at radius 1 is 0.604 bits per heavy atom. The van der Waals surface area contributed by atoms with E-state index < -0.39 is 0 Å². The lowest BCUT2D eigenvalue weighted by atomic mass is 9.78. The molecule has 1 atom stereocenters. The highest BCUT2D eigenvalue weighted by atomic mass is 32.2. The summed E-state index contributed by atoms with van der Waals surface area (Å²) in [5.74, 6) is 1.88. The summed E-state index contributed by atoms with van der Waals surface area (Å²) in [6.45, 7) is 3.21. The summed E-state index contributed by atoms with van der Waals surface area (Å²) >= 11 is 1.92. The minimum Gasteiger partial charge on any atom is -0.476 e. The van der Waals surface area contributed by atoms with Gasteiger partial charge in [0, 0.05) is 43.7 Å². The molecule has 2 aromatic heterocycles. The molecule has 232 valence electrons. The van der Waals surface area contributed by atoms with E-state index in [1.807, 2.05) is 11.8 Å². The van der Waals surface area contributed by atoms with Gasteiger partial charge in [-0.05, 0) is 74.8 Å². The number of pyridine rings is 2. The van der Waals surface area contributed by atoms with E-state index >= 15 is 0 Å². The SMILES string of the molecule is CC1(Cc2ccc3c(c2)c2ccccc2c2cc4c(nc32)OCC42CCCC2)CSc2nc3c4ccccc4c4ccccc4c3cc21. The van der Waals surface area contributed by atoms with Crippen LogP contribution in [0.25, 0.3) is 64.9 Å². The fourth-order valence-corrected chi connectivity index (χ4v) is 10.8. The Kier molecular flexibility index (Phi) is 5.52. The van der Waals surface area contributed by atoms with Crippen LogP contribution in [0.15, 0.2) is 108 Å². The topological polar surface area (TPSA) is 35.0 Å². The molecule has 4 heterocycles. The van der Waals surface area contributed by atoms with Gasteiger partial charge in [0.05, 0.1) is 17.6 Å². The third-order valence-electron chi connectivity index (χ3n) is 11.9. The molecule has 11 rings (SSSR count). The standard InChI is InChI=1S/C44H34N2OS/c1-43(25-48-42-38(43)22-36-30-13-4-2-10-27(30)28-11-6-7-15-32(28)40(36)46-42)23-26-16-17-33-34(20-26)29-12-3-5-14-31(29)35-21-37-41(45-39(33)35)47-24-44(37)18-8-9-19-44/h2-7,10-17,20-22H,8-9,18-19,23-25H2,1H3. The minimum atomic E-state index is -0.0310. The zero-order valence-corrected chi connectivity index (χ0v) is 27.8. The molecule has 0 radical (unpaired) electrons. The lowest BCUT2D eigenvalue weighted by molar-refractivity contribution is 0.262. The molecule has 0 amide bonds. The highest BCUT2D eigenvalue weighted by molar-refractivity contribution is 7.99. The third-order valence-corrected chi connectivity index (χ3v) is 13.3. The summed E-state index contributed by atoms with van der Waals surface area (Å²) in [5, 5.41) is 13.9. The van der Waals surface area contributed by atoms with E-state index in [4.69, 9.17) is 14.7 Å². The molecular weight excluding hydrogens is 605 g/mol. The predicted octanol–water partition coefficient (Wildman–Crippen LogP) is 11.2. The fourth-order valence-electron chi connectivity index (χ4n) is 9.46. The van der Waals surface area contributed by atoms with E-state index in [-0.39, 0.29) is 10.8 Å². The Morgan fingerprint density at radius 2 is 1.17 bits per heavy atom.